The molecule has 1 unspecified atom stereocenters. The molecule has 0 spiro atoms. The standard InChI is InChI=1S/C12H25NO2/c1-6-7-10(2)8-11(14)13(5)9-12(3,4)15/h10,15H,6-9H2,1-5H3. The van der Waals surface area contributed by atoms with E-state index < -0.39 is 5.60 Å². The SMILES string of the molecule is CCCC(C)CC(=O)N(C)CC(C)(C)O. The van der Waals surface area contributed by atoms with Gasteiger partial charge in [-0.05, 0) is 19.8 Å². The minimum Gasteiger partial charge on any atom is -0.389 e. The summed E-state index contributed by atoms with van der Waals surface area (Å²) in [7, 11) is 1.75. The molecule has 15 heavy (non-hydrogen) atoms. The van der Waals surface area contributed by atoms with E-state index in [9.17, 15) is 9.90 Å². The van der Waals surface area contributed by atoms with Gasteiger partial charge in [0.15, 0.2) is 0 Å². The summed E-state index contributed by atoms with van der Waals surface area (Å²) in [6, 6.07) is 0. The van der Waals surface area contributed by atoms with Crippen LogP contribution in [0.25, 0.3) is 0 Å². The van der Waals surface area contributed by atoms with Gasteiger partial charge in [-0.1, -0.05) is 26.7 Å². The van der Waals surface area contributed by atoms with E-state index in [-0.39, 0.29) is 5.91 Å². The average molecular weight is 215 g/mol. The van der Waals surface area contributed by atoms with Crippen LogP contribution in [0.15, 0.2) is 0 Å². The Kier molecular flexibility index (Phi) is 5.88. The van der Waals surface area contributed by atoms with Crippen LogP contribution < -0.4 is 0 Å². The fraction of sp³-hybridized carbons (Fsp3) is 0.917. The highest BCUT2D eigenvalue weighted by atomic mass is 16.3. The van der Waals surface area contributed by atoms with Crippen molar-refractivity contribution in [2.75, 3.05) is 13.6 Å². The van der Waals surface area contributed by atoms with Crippen molar-refractivity contribution in [1.82, 2.24) is 4.90 Å². The Bertz CT molecular complexity index is 196. The van der Waals surface area contributed by atoms with Crippen molar-refractivity contribution in [2.24, 2.45) is 5.92 Å². The lowest BCUT2D eigenvalue weighted by Gasteiger charge is -2.26. The van der Waals surface area contributed by atoms with E-state index in [0.717, 1.165) is 12.8 Å². The molecule has 0 aromatic heterocycles. The molecule has 0 radical (unpaired) electrons. The van der Waals surface area contributed by atoms with Gasteiger partial charge in [-0.25, -0.2) is 0 Å². The normalized spacial score (nSPS) is 13.7. The maximum Gasteiger partial charge on any atom is 0.222 e. The third kappa shape index (κ3) is 7.37. The smallest absolute Gasteiger partial charge is 0.222 e. The monoisotopic (exact) mass is 215 g/mol. The van der Waals surface area contributed by atoms with E-state index in [1.807, 2.05) is 0 Å². The second kappa shape index (κ2) is 6.11. The lowest BCUT2D eigenvalue weighted by Crippen LogP contribution is -2.40. The molecule has 0 aliphatic rings. The van der Waals surface area contributed by atoms with E-state index in [0.29, 0.717) is 18.9 Å². The topological polar surface area (TPSA) is 40.5 Å². The lowest BCUT2D eigenvalue weighted by molar-refractivity contribution is -0.133. The number of hydrogen-bond donors (Lipinski definition) is 1. The third-order valence-electron chi connectivity index (χ3n) is 2.35. The van der Waals surface area contributed by atoms with Crippen molar-refractivity contribution in [2.45, 2.75) is 52.6 Å². The van der Waals surface area contributed by atoms with Gasteiger partial charge in [0.1, 0.15) is 0 Å². The van der Waals surface area contributed by atoms with Gasteiger partial charge in [-0.15, -0.1) is 0 Å². The first kappa shape index (κ1) is 14.4. The average Bonchev–Trinajstić information content (AvgIpc) is 2.00. The number of aliphatic hydroxyl groups is 1. The highest BCUT2D eigenvalue weighted by Crippen LogP contribution is 2.12. The Labute approximate surface area is 93.5 Å². The molecule has 3 heteroatoms. The van der Waals surface area contributed by atoms with Crippen LogP contribution in [0.1, 0.15) is 47.0 Å². The van der Waals surface area contributed by atoms with Crippen LogP contribution in [0.3, 0.4) is 0 Å². The summed E-state index contributed by atoms with van der Waals surface area (Å²) in [5, 5.41) is 9.58. The number of hydrogen-bond acceptors (Lipinski definition) is 2. The molecule has 90 valence electrons. The van der Waals surface area contributed by atoms with Gasteiger partial charge in [0.2, 0.25) is 5.91 Å². The summed E-state index contributed by atoms with van der Waals surface area (Å²) in [6.45, 7) is 8.05. The van der Waals surface area contributed by atoms with Crippen LogP contribution >= 0.6 is 0 Å². The van der Waals surface area contributed by atoms with Gasteiger partial charge in [0, 0.05) is 20.0 Å². The third-order valence-corrected chi connectivity index (χ3v) is 2.35. The first-order chi connectivity index (χ1) is 6.76. The molecule has 3 nitrogen and oxygen atoms in total. The summed E-state index contributed by atoms with van der Waals surface area (Å²) in [6.07, 6.45) is 2.78. The molecule has 0 aliphatic carbocycles. The zero-order valence-corrected chi connectivity index (χ0v) is 10.7. The van der Waals surface area contributed by atoms with Crippen LogP contribution in [0.5, 0.6) is 0 Å². The molecule has 0 aliphatic heterocycles. The van der Waals surface area contributed by atoms with Gasteiger partial charge in [0.05, 0.1) is 5.60 Å². The van der Waals surface area contributed by atoms with Crippen molar-refractivity contribution in [1.29, 1.82) is 0 Å². The predicted molar refractivity (Wildman–Crippen MR) is 62.6 cm³/mol. The maximum absolute atomic E-state index is 11.7. The summed E-state index contributed by atoms with van der Waals surface area (Å²) in [4.78, 5) is 13.3. The second-order valence-corrected chi connectivity index (χ2v) is 5.16. The first-order valence-electron chi connectivity index (χ1n) is 5.72. The number of nitrogens with zero attached hydrogens (tertiary/aromatic N) is 1. The van der Waals surface area contributed by atoms with Gasteiger partial charge in [-0.3, -0.25) is 4.79 Å². The van der Waals surface area contributed by atoms with Crippen LogP contribution in [-0.4, -0.2) is 35.1 Å². The van der Waals surface area contributed by atoms with E-state index in [4.69, 9.17) is 0 Å². The van der Waals surface area contributed by atoms with Gasteiger partial charge in [0.25, 0.3) is 0 Å². The van der Waals surface area contributed by atoms with E-state index in [2.05, 4.69) is 13.8 Å². The minimum atomic E-state index is -0.807. The fourth-order valence-corrected chi connectivity index (χ4v) is 1.72. The molecular weight excluding hydrogens is 190 g/mol. The Morgan fingerprint density at radius 3 is 2.40 bits per heavy atom. The fourth-order valence-electron chi connectivity index (χ4n) is 1.72. The Morgan fingerprint density at radius 2 is 2.00 bits per heavy atom. The molecule has 0 saturated heterocycles. The molecule has 0 bridgehead atoms. The Hall–Kier alpha value is -0.570. The van der Waals surface area contributed by atoms with Crippen molar-refractivity contribution >= 4 is 5.91 Å². The lowest BCUT2D eigenvalue weighted by atomic mass is 10.0. The van der Waals surface area contributed by atoms with Crippen molar-refractivity contribution < 1.29 is 9.90 Å². The van der Waals surface area contributed by atoms with Gasteiger partial charge in [-0.2, -0.15) is 0 Å². The predicted octanol–water partition coefficient (Wildman–Crippen LogP) is 2.04. The zero-order chi connectivity index (χ0) is 12.1. The largest absolute Gasteiger partial charge is 0.389 e. The van der Waals surface area contributed by atoms with Gasteiger partial charge < -0.3 is 10.0 Å². The molecule has 1 atom stereocenters. The quantitative estimate of drug-likeness (QED) is 0.736. The summed E-state index contributed by atoms with van der Waals surface area (Å²) < 4.78 is 0. The number of rotatable bonds is 6. The summed E-state index contributed by atoms with van der Waals surface area (Å²) in [5.74, 6) is 0.560. The molecule has 0 rings (SSSR count). The second-order valence-electron chi connectivity index (χ2n) is 5.16. The van der Waals surface area contributed by atoms with E-state index in [1.165, 1.54) is 0 Å². The molecule has 1 N–H and O–H groups in total. The Balaban J connectivity index is 3.99. The molecule has 0 aromatic rings. The number of amides is 1. The van der Waals surface area contributed by atoms with Gasteiger partial charge >= 0.3 is 0 Å². The van der Waals surface area contributed by atoms with Crippen LogP contribution in [0.4, 0.5) is 0 Å². The molecule has 0 heterocycles. The maximum atomic E-state index is 11.7. The van der Waals surface area contributed by atoms with E-state index >= 15 is 0 Å². The summed E-state index contributed by atoms with van der Waals surface area (Å²) in [5.41, 5.74) is -0.807. The molecule has 1 amide bonds. The Morgan fingerprint density at radius 1 is 1.47 bits per heavy atom. The van der Waals surface area contributed by atoms with Crippen LogP contribution in [-0.2, 0) is 4.79 Å². The number of carbonyl (C=O) groups excluding carboxylic acids is 1. The summed E-state index contributed by atoms with van der Waals surface area (Å²) >= 11 is 0. The number of likely N-dealkylation sites (N-methyl/N-ethyl adjacent to an activating group) is 1. The van der Waals surface area contributed by atoms with Crippen molar-refractivity contribution in [3.8, 4) is 0 Å². The highest BCUT2D eigenvalue weighted by Gasteiger charge is 2.20. The first-order valence-corrected chi connectivity index (χ1v) is 5.72. The zero-order valence-electron chi connectivity index (χ0n) is 10.7. The number of carbonyl (C=O) groups is 1. The molecular formula is C12H25NO2. The van der Waals surface area contributed by atoms with Crippen molar-refractivity contribution in [3.05, 3.63) is 0 Å². The highest BCUT2D eigenvalue weighted by molar-refractivity contribution is 5.76. The van der Waals surface area contributed by atoms with Crippen LogP contribution in [0.2, 0.25) is 0 Å². The minimum absolute atomic E-state index is 0.123. The van der Waals surface area contributed by atoms with Crippen molar-refractivity contribution in [3.63, 3.8) is 0 Å². The van der Waals surface area contributed by atoms with Crippen LogP contribution in [0, 0.1) is 5.92 Å². The molecule has 0 aromatic carbocycles. The molecule has 0 fully saturated rings. The molecule has 0 saturated carbocycles. The van der Waals surface area contributed by atoms with E-state index in [1.54, 1.807) is 25.8 Å².